The van der Waals surface area contributed by atoms with Crippen LogP contribution in [0.3, 0.4) is 0 Å². The number of aromatic nitrogens is 2. The SMILES string of the molecule is CC(C)(C1=N[C@@H](C(C)(C)C)CO1)c1nc(-c2c(P(c3ccccc3)c3ccccc3)ccc3ccccc23)c2ccccc2n1. The first-order valence-corrected chi connectivity index (χ1v) is 17.0. The van der Waals surface area contributed by atoms with Crippen molar-refractivity contribution in [3.8, 4) is 11.3 Å². The Labute approximate surface area is 267 Å². The van der Waals surface area contributed by atoms with Crippen molar-refractivity contribution in [1.29, 1.82) is 0 Å². The van der Waals surface area contributed by atoms with E-state index in [-0.39, 0.29) is 11.5 Å². The van der Waals surface area contributed by atoms with Crippen LogP contribution < -0.4 is 15.9 Å². The summed E-state index contributed by atoms with van der Waals surface area (Å²) in [6.07, 6.45) is 0. The second-order valence-corrected chi connectivity index (χ2v) is 15.5. The van der Waals surface area contributed by atoms with Crippen molar-refractivity contribution in [3.63, 3.8) is 0 Å². The molecule has 0 saturated carbocycles. The first-order chi connectivity index (χ1) is 21.7. The minimum absolute atomic E-state index is 0.0110. The number of rotatable bonds is 6. The van der Waals surface area contributed by atoms with E-state index in [1.807, 2.05) is 0 Å². The van der Waals surface area contributed by atoms with Gasteiger partial charge in [-0.05, 0) is 59.9 Å². The van der Waals surface area contributed by atoms with E-state index < -0.39 is 13.3 Å². The predicted octanol–water partition coefficient (Wildman–Crippen LogP) is 8.33. The molecule has 0 spiro atoms. The molecular weight excluding hydrogens is 569 g/mol. The Balaban J connectivity index is 1.52. The Kier molecular flexibility index (Phi) is 7.50. The summed E-state index contributed by atoms with van der Waals surface area (Å²) in [7, 11) is -0.893. The number of fused-ring (bicyclic) bond motifs is 2. The van der Waals surface area contributed by atoms with Crippen LogP contribution in [0.4, 0.5) is 0 Å². The van der Waals surface area contributed by atoms with Gasteiger partial charge in [0.2, 0.25) is 0 Å². The third-order valence-electron chi connectivity index (χ3n) is 8.76. The molecule has 0 unspecified atom stereocenters. The van der Waals surface area contributed by atoms with Crippen LogP contribution in [-0.4, -0.2) is 28.5 Å². The lowest BCUT2D eigenvalue weighted by atomic mass is 9.87. The monoisotopic (exact) mass is 607 g/mol. The summed E-state index contributed by atoms with van der Waals surface area (Å²) in [6, 6.07) is 43.5. The van der Waals surface area contributed by atoms with Gasteiger partial charge in [-0.25, -0.2) is 15.0 Å². The first-order valence-electron chi connectivity index (χ1n) is 15.6. The molecule has 0 aliphatic carbocycles. The number of para-hydroxylation sites is 1. The summed E-state index contributed by atoms with van der Waals surface area (Å²) < 4.78 is 6.29. The second-order valence-electron chi connectivity index (χ2n) is 13.4. The van der Waals surface area contributed by atoms with Gasteiger partial charge in [0.15, 0.2) is 5.90 Å². The highest BCUT2D eigenvalue weighted by Crippen LogP contribution is 2.42. The molecule has 45 heavy (non-hydrogen) atoms. The summed E-state index contributed by atoms with van der Waals surface area (Å²) in [4.78, 5) is 15.7. The van der Waals surface area contributed by atoms with Crippen LogP contribution in [0.2, 0.25) is 0 Å². The Morgan fingerprint density at radius 2 is 1.24 bits per heavy atom. The topological polar surface area (TPSA) is 47.4 Å². The average Bonchev–Trinajstić information content (AvgIpc) is 3.58. The lowest BCUT2D eigenvalue weighted by Gasteiger charge is -2.26. The van der Waals surface area contributed by atoms with Gasteiger partial charge < -0.3 is 4.74 Å². The van der Waals surface area contributed by atoms with Gasteiger partial charge in [0.25, 0.3) is 0 Å². The fourth-order valence-electron chi connectivity index (χ4n) is 6.08. The minimum atomic E-state index is -0.893. The van der Waals surface area contributed by atoms with Gasteiger partial charge in [-0.1, -0.05) is 136 Å². The molecule has 0 saturated heterocycles. The number of hydrogen-bond donors (Lipinski definition) is 0. The zero-order valence-corrected chi connectivity index (χ0v) is 27.4. The van der Waals surface area contributed by atoms with Gasteiger partial charge in [0, 0.05) is 10.9 Å². The molecule has 0 amide bonds. The van der Waals surface area contributed by atoms with Gasteiger partial charge in [-0.15, -0.1) is 0 Å². The van der Waals surface area contributed by atoms with Crippen molar-refractivity contribution in [2.75, 3.05) is 6.61 Å². The number of hydrogen-bond acceptors (Lipinski definition) is 4. The summed E-state index contributed by atoms with van der Waals surface area (Å²) in [5, 5.41) is 7.28. The maximum absolute atomic E-state index is 6.29. The fourth-order valence-corrected chi connectivity index (χ4v) is 8.55. The second kappa shape index (κ2) is 11.5. The summed E-state index contributed by atoms with van der Waals surface area (Å²) in [5.41, 5.74) is 2.41. The van der Waals surface area contributed by atoms with Gasteiger partial charge >= 0.3 is 0 Å². The molecule has 1 aliphatic heterocycles. The smallest absolute Gasteiger partial charge is 0.197 e. The van der Waals surface area contributed by atoms with Gasteiger partial charge in [0.05, 0.1) is 17.3 Å². The van der Waals surface area contributed by atoms with Gasteiger partial charge in [-0.2, -0.15) is 0 Å². The summed E-state index contributed by atoms with van der Waals surface area (Å²) in [5.74, 6) is 1.42. The first kappa shape index (κ1) is 29.3. The van der Waals surface area contributed by atoms with Gasteiger partial charge in [0.1, 0.15) is 17.8 Å². The van der Waals surface area contributed by atoms with E-state index >= 15 is 0 Å². The molecule has 0 bridgehead atoms. The number of benzene rings is 5. The molecule has 7 rings (SSSR count). The van der Waals surface area contributed by atoms with Crippen molar-refractivity contribution in [3.05, 3.63) is 127 Å². The number of ether oxygens (including phenoxy) is 1. The molecule has 6 aromatic rings. The molecule has 1 aromatic heterocycles. The van der Waals surface area contributed by atoms with E-state index in [1.165, 1.54) is 26.7 Å². The van der Waals surface area contributed by atoms with E-state index in [9.17, 15) is 0 Å². The molecule has 0 radical (unpaired) electrons. The Bertz CT molecular complexity index is 1990. The Hall–Kier alpha value is -4.40. The maximum atomic E-state index is 6.29. The lowest BCUT2D eigenvalue weighted by Crippen LogP contribution is -2.32. The van der Waals surface area contributed by atoms with E-state index in [2.05, 4.69) is 156 Å². The van der Waals surface area contributed by atoms with Gasteiger partial charge in [-0.3, -0.25) is 0 Å². The van der Waals surface area contributed by atoms with Crippen LogP contribution in [0.5, 0.6) is 0 Å². The molecule has 1 atom stereocenters. The van der Waals surface area contributed by atoms with E-state index in [1.54, 1.807) is 0 Å². The Morgan fingerprint density at radius 1 is 0.644 bits per heavy atom. The molecule has 0 fully saturated rings. The third kappa shape index (κ3) is 5.42. The largest absolute Gasteiger partial charge is 0.478 e. The van der Waals surface area contributed by atoms with Crippen molar-refractivity contribution in [2.24, 2.45) is 10.4 Å². The Morgan fingerprint density at radius 3 is 1.89 bits per heavy atom. The standard InChI is InChI=1S/C40H38N3OP/c1-39(2,3)34-26-44-38(42-34)40(4,5)37-41-32-23-15-14-22-31(32)36(43-37)35-30-21-13-12-16-27(30)24-25-33(35)45(28-17-8-6-9-18-28)29-19-10-7-11-20-29/h6-25,34H,26H2,1-5H3/t34-/m1/s1. The van der Waals surface area contributed by atoms with Crippen LogP contribution in [0.25, 0.3) is 32.9 Å². The van der Waals surface area contributed by atoms with Crippen molar-refractivity contribution in [2.45, 2.75) is 46.1 Å². The maximum Gasteiger partial charge on any atom is 0.197 e. The molecule has 1 aliphatic rings. The van der Waals surface area contributed by atoms with E-state index in [4.69, 9.17) is 19.7 Å². The highest BCUT2D eigenvalue weighted by Gasteiger charge is 2.40. The average molecular weight is 608 g/mol. The molecule has 5 heteroatoms. The molecular formula is C40H38N3OP. The highest BCUT2D eigenvalue weighted by atomic mass is 31.1. The van der Waals surface area contributed by atoms with E-state index in [0.717, 1.165) is 22.2 Å². The number of nitrogens with zero attached hydrogens (tertiary/aromatic N) is 3. The third-order valence-corrected chi connectivity index (χ3v) is 11.2. The van der Waals surface area contributed by atoms with Crippen LogP contribution in [0.1, 0.15) is 40.4 Å². The van der Waals surface area contributed by atoms with Crippen LogP contribution in [-0.2, 0) is 10.2 Å². The predicted molar refractivity (Wildman–Crippen MR) is 191 cm³/mol. The van der Waals surface area contributed by atoms with Crippen molar-refractivity contribution >= 4 is 51.4 Å². The van der Waals surface area contributed by atoms with Crippen LogP contribution in [0, 0.1) is 5.41 Å². The molecule has 224 valence electrons. The normalized spacial score (nSPS) is 15.4. The van der Waals surface area contributed by atoms with Crippen LogP contribution in [0.15, 0.2) is 126 Å². The summed E-state index contributed by atoms with van der Waals surface area (Å²) in [6.45, 7) is 11.5. The minimum Gasteiger partial charge on any atom is -0.478 e. The molecule has 0 N–H and O–H groups in total. The number of aliphatic imine (C=N–C) groups is 1. The molecule has 5 aromatic carbocycles. The van der Waals surface area contributed by atoms with E-state index in [0.29, 0.717) is 18.3 Å². The quantitative estimate of drug-likeness (QED) is 0.179. The molecule has 2 heterocycles. The highest BCUT2D eigenvalue weighted by molar-refractivity contribution is 7.80. The zero-order chi connectivity index (χ0) is 31.2. The van der Waals surface area contributed by atoms with Crippen LogP contribution >= 0.6 is 7.92 Å². The van der Waals surface area contributed by atoms with Crippen molar-refractivity contribution < 1.29 is 4.74 Å². The fraction of sp³-hybridized carbons (Fsp3) is 0.225. The summed E-state index contributed by atoms with van der Waals surface area (Å²) >= 11 is 0. The zero-order valence-electron chi connectivity index (χ0n) is 26.5. The lowest BCUT2D eigenvalue weighted by molar-refractivity contribution is 0.227. The van der Waals surface area contributed by atoms with Crippen molar-refractivity contribution in [1.82, 2.24) is 9.97 Å². The molecule has 4 nitrogen and oxygen atoms in total.